The fourth-order valence-electron chi connectivity index (χ4n) is 1.38. The van der Waals surface area contributed by atoms with Gasteiger partial charge in [-0.25, -0.2) is 18.2 Å². The Hall–Kier alpha value is -2.02. The maximum atomic E-state index is 13.3. The number of aromatic nitrogens is 1. The number of carbonyl (C=O) groups is 1. The van der Waals surface area contributed by atoms with Crippen LogP contribution in [0.2, 0.25) is 0 Å². The summed E-state index contributed by atoms with van der Waals surface area (Å²) in [7, 11) is 0. The molecule has 3 nitrogen and oxygen atoms in total. The van der Waals surface area contributed by atoms with Crippen LogP contribution in [0.3, 0.4) is 0 Å². The van der Waals surface area contributed by atoms with Crippen molar-refractivity contribution in [3.63, 3.8) is 0 Å². The molecule has 0 saturated heterocycles. The lowest BCUT2D eigenvalue weighted by Gasteiger charge is -2.06. The number of carbonyl (C=O) groups excluding carboxylic acids is 1. The van der Waals surface area contributed by atoms with Gasteiger partial charge in [-0.2, -0.15) is 0 Å². The maximum absolute atomic E-state index is 13.3. The van der Waals surface area contributed by atoms with E-state index in [2.05, 4.69) is 10.3 Å². The fraction of sp³-hybridized carbons (Fsp3) is 0.0769. The summed E-state index contributed by atoms with van der Waals surface area (Å²) in [5.41, 5.74) is -0.393. The van der Waals surface area contributed by atoms with Crippen molar-refractivity contribution >= 4 is 23.4 Å². The van der Waals surface area contributed by atoms with Gasteiger partial charge in [-0.1, -0.05) is 17.8 Å². The smallest absolute Gasteiger partial charge is 0.234 e. The molecule has 7 heteroatoms. The molecular weight excluding hydrogens is 289 g/mol. The van der Waals surface area contributed by atoms with Crippen LogP contribution in [0, 0.1) is 17.5 Å². The number of hydrogen-bond acceptors (Lipinski definition) is 3. The molecule has 0 aliphatic rings. The molecule has 0 radical (unpaired) electrons. The largest absolute Gasteiger partial charge is 0.323 e. The zero-order chi connectivity index (χ0) is 14.5. The molecule has 0 fully saturated rings. The van der Waals surface area contributed by atoms with Gasteiger partial charge in [0.25, 0.3) is 0 Å². The molecule has 0 spiro atoms. The van der Waals surface area contributed by atoms with E-state index in [0.717, 1.165) is 11.8 Å². The molecule has 0 atom stereocenters. The summed E-state index contributed by atoms with van der Waals surface area (Å²) < 4.78 is 39.0. The van der Waals surface area contributed by atoms with Crippen LogP contribution in [-0.4, -0.2) is 16.6 Å². The van der Waals surface area contributed by atoms with Crippen LogP contribution in [0.25, 0.3) is 0 Å². The Morgan fingerprint density at radius 3 is 2.60 bits per heavy atom. The molecule has 1 aromatic heterocycles. The summed E-state index contributed by atoms with van der Waals surface area (Å²) in [6.45, 7) is 0. The summed E-state index contributed by atoms with van der Waals surface area (Å²) in [6.07, 6.45) is 1.58. The molecule has 104 valence electrons. The Balaban J connectivity index is 1.97. The molecule has 1 amide bonds. The standard InChI is InChI=1S/C13H9F3N2OS/c14-8-5-10(16)11(6-9(8)15)18-12(19)7-20-13-3-1-2-4-17-13/h1-6H,7H2,(H,18,19). The van der Waals surface area contributed by atoms with E-state index in [4.69, 9.17) is 0 Å². The van der Waals surface area contributed by atoms with E-state index in [1.807, 2.05) is 0 Å². The molecule has 0 aliphatic heterocycles. The van der Waals surface area contributed by atoms with E-state index >= 15 is 0 Å². The summed E-state index contributed by atoms with van der Waals surface area (Å²) in [5.74, 6) is -4.11. The first kappa shape index (κ1) is 14.4. The van der Waals surface area contributed by atoms with Gasteiger partial charge in [-0.15, -0.1) is 0 Å². The number of hydrogen-bond donors (Lipinski definition) is 1. The van der Waals surface area contributed by atoms with Crippen LogP contribution < -0.4 is 5.32 Å². The van der Waals surface area contributed by atoms with E-state index < -0.39 is 29.0 Å². The summed E-state index contributed by atoms with van der Waals surface area (Å²) in [6, 6.07) is 6.21. The molecule has 1 aromatic carbocycles. The van der Waals surface area contributed by atoms with Crippen molar-refractivity contribution in [3.8, 4) is 0 Å². The average Bonchev–Trinajstić information content (AvgIpc) is 2.44. The third-order valence-corrected chi connectivity index (χ3v) is 3.22. The van der Waals surface area contributed by atoms with Gasteiger partial charge >= 0.3 is 0 Å². The second kappa shape index (κ2) is 6.42. The first-order chi connectivity index (χ1) is 9.56. The van der Waals surface area contributed by atoms with E-state index in [0.29, 0.717) is 17.2 Å². The molecule has 2 rings (SSSR count). The Morgan fingerprint density at radius 1 is 1.15 bits per heavy atom. The third-order valence-electron chi connectivity index (χ3n) is 2.27. The van der Waals surface area contributed by atoms with Crippen LogP contribution in [-0.2, 0) is 4.79 Å². The Morgan fingerprint density at radius 2 is 1.90 bits per heavy atom. The highest BCUT2D eigenvalue weighted by molar-refractivity contribution is 7.99. The number of rotatable bonds is 4. The second-order valence-corrected chi connectivity index (χ2v) is 4.75. The number of benzene rings is 1. The first-order valence-electron chi connectivity index (χ1n) is 5.54. The van der Waals surface area contributed by atoms with Crippen LogP contribution in [0.1, 0.15) is 0 Å². The number of anilines is 1. The Labute approximate surface area is 117 Å². The number of nitrogens with zero attached hydrogens (tertiary/aromatic N) is 1. The molecule has 1 heterocycles. The van der Waals surface area contributed by atoms with Crippen molar-refractivity contribution in [2.24, 2.45) is 0 Å². The van der Waals surface area contributed by atoms with Gasteiger partial charge < -0.3 is 5.32 Å². The van der Waals surface area contributed by atoms with Crippen LogP contribution in [0.15, 0.2) is 41.6 Å². The van der Waals surface area contributed by atoms with E-state index in [1.165, 1.54) is 0 Å². The summed E-state index contributed by atoms with van der Waals surface area (Å²) >= 11 is 1.15. The van der Waals surface area contributed by atoms with Gasteiger partial charge in [-0.3, -0.25) is 4.79 Å². The van der Waals surface area contributed by atoms with Gasteiger partial charge in [0.15, 0.2) is 11.6 Å². The van der Waals surface area contributed by atoms with Gasteiger partial charge in [-0.05, 0) is 12.1 Å². The molecule has 0 saturated carbocycles. The zero-order valence-electron chi connectivity index (χ0n) is 10.1. The minimum Gasteiger partial charge on any atom is -0.323 e. The van der Waals surface area contributed by atoms with Crippen molar-refractivity contribution in [1.82, 2.24) is 4.98 Å². The lowest BCUT2D eigenvalue weighted by molar-refractivity contribution is -0.113. The van der Waals surface area contributed by atoms with E-state index in [9.17, 15) is 18.0 Å². The van der Waals surface area contributed by atoms with Crippen molar-refractivity contribution in [2.75, 3.05) is 11.1 Å². The van der Waals surface area contributed by atoms with E-state index in [-0.39, 0.29) is 5.75 Å². The molecular formula is C13H9F3N2OS. The van der Waals surface area contributed by atoms with Crippen LogP contribution in [0.5, 0.6) is 0 Å². The zero-order valence-corrected chi connectivity index (χ0v) is 10.9. The minimum atomic E-state index is -1.30. The molecule has 0 aliphatic carbocycles. The number of pyridine rings is 1. The van der Waals surface area contributed by atoms with Crippen molar-refractivity contribution in [2.45, 2.75) is 5.03 Å². The lowest BCUT2D eigenvalue weighted by Crippen LogP contribution is -2.15. The lowest BCUT2D eigenvalue weighted by atomic mass is 10.3. The monoisotopic (exact) mass is 298 g/mol. The van der Waals surface area contributed by atoms with Gasteiger partial charge in [0, 0.05) is 18.3 Å². The average molecular weight is 298 g/mol. The van der Waals surface area contributed by atoms with Crippen LogP contribution in [0.4, 0.5) is 18.9 Å². The highest BCUT2D eigenvalue weighted by Gasteiger charge is 2.12. The highest BCUT2D eigenvalue weighted by Crippen LogP contribution is 2.19. The molecule has 2 aromatic rings. The van der Waals surface area contributed by atoms with Gasteiger partial charge in [0.05, 0.1) is 16.5 Å². The number of nitrogens with one attached hydrogen (secondary N) is 1. The topological polar surface area (TPSA) is 42.0 Å². The Kier molecular flexibility index (Phi) is 4.62. The fourth-order valence-corrected chi connectivity index (χ4v) is 2.04. The van der Waals surface area contributed by atoms with Crippen molar-refractivity contribution in [1.29, 1.82) is 0 Å². The number of thioether (sulfide) groups is 1. The molecule has 0 bridgehead atoms. The quantitative estimate of drug-likeness (QED) is 0.696. The summed E-state index contributed by atoms with van der Waals surface area (Å²) in [4.78, 5) is 15.6. The second-order valence-electron chi connectivity index (χ2n) is 3.75. The van der Waals surface area contributed by atoms with E-state index in [1.54, 1.807) is 24.4 Å². The van der Waals surface area contributed by atoms with Crippen LogP contribution >= 0.6 is 11.8 Å². The predicted octanol–water partition coefficient (Wildman–Crippen LogP) is 3.23. The van der Waals surface area contributed by atoms with Crippen molar-refractivity contribution < 1.29 is 18.0 Å². The SMILES string of the molecule is O=C(CSc1ccccn1)Nc1cc(F)c(F)cc1F. The summed E-state index contributed by atoms with van der Waals surface area (Å²) in [5, 5.41) is 2.81. The van der Waals surface area contributed by atoms with Crippen molar-refractivity contribution in [3.05, 3.63) is 54.0 Å². The maximum Gasteiger partial charge on any atom is 0.234 e. The first-order valence-corrected chi connectivity index (χ1v) is 6.53. The molecule has 1 N–H and O–H groups in total. The predicted molar refractivity (Wildman–Crippen MR) is 69.9 cm³/mol. The Bertz CT molecular complexity index is 623. The number of amides is 1. The highest BCUT2D eigenvalue weighted by atomic mass is 32.2. The van der Waals surface area contributed by atoms with Gasteiger partial charge in [0.2, 0.25) is 5.91 Å². The number of halogens is 3. The molecule has 20 heavy (non-hydrogen) atoms. The molecule has 0 unspecified atom stereocenters. The third kappa shape index (κ3) is 3.74. The van der Waals surface area contributed by atoms with Gasteiger partial charge in [0.1, 0.15) is 5.82 Å². The minimum absolute atomic E-state index is 0.0184. The normalized spacial score (nSPS) is 10.3.